The van der Waals surface area contributed by atoms with Crippen molar-refractivity contribution in [2.45, 2.75) is 64.6 Å². The van der Waals surface area contributed by atoms with Crippen molar-refractivity contribution < 1.29 is 9.47 Å². The number of ether oxygens (including phenoxy) is 2. The van der Waals surface area contributed by atoms with E-state index in [0.717, 1.165) is 59.8 Å². The SMILES string of the molecule is CCN1CCCC[C@@H]1COc1ccnc2c1c1cc(C#N)ncc1n2COCC[Si](C)(C)C. The van der Waals surface area contributed by atoms with Crippen molar-refractivity contribution >= 4 is 30.0 Å². The number of likely N-dealkylation sites (tertiary alicyclic amines) is 1. The smallest absolute Gasteiger partial charge is 0.146 e. The Morgan fingerprint density at radius 3 is 2.85 bits per heavy atom. The summed E-state index contributed by atoms with van der Waals surface area (Å²) >= 11 is 0. The van der Waals surface area contributed by atoms with Crippen LogP contribution in [0.25, 0.3) is 21.9 Å². The van der Waals surface area contributed by atoms with Crippen LogP contribution < -0.4 is 4.74 Å². The Bertz CT molecular complexity index is 1150. The summed E-state index contributed by atoms with van der Waals surface area (Å²) in [4.78, 5) is 11.5. The van der Waals surface area contributed by atoms with Crippen LogP contribution in [0.2, 0.25) is 25.7 Å². The number of hydrogen-bond donors (Lipinski definition) is 0. The maximum absolute atomic E-state index is 9.43. The van der Waals surface area contributed by atoms with Crippen LogP contribution in [-0.2, 0) is 11.5 Å². The second-order valence-corrected chi connectivity index (χ2v) is 15.7. The van der Waals surface area contributed by atoms with Gasteiger partial charge in [0.1, 0.15) is 36.5 Å². The van der Waals surface area contributed by atoms with Crippen molar-refractivity contribution in [1.29, 1.82) is 5.26 Å². The zero-order valence-electron chi connectivity index (χ0n) is 20.3. The molecule has 0 aromatic carbocycles. The summed E-state index contributed by atoms with van der Waals surface area (Å²) in [5, 5.41) is 11.3. The molecule has 0 radical (unpaired) electrons. The number of aromatic nitrogens is 3. The van der Waals surface area contributed by atoms with Gasteiger partial charge in [0, 0.05) is 32.3 Å². The molecule has 8 heteroatoms. The minimum absolute atomic E-state index is 0.389. The molecule has 4 rings (SSSR count). The lowest BCUT2D eigenvalue weighted by molar-refractivity contribution is 0.0925. The Kier molecular flexibility index (Phi) is 7.32. The van der Waals surface area contributed by atoms with Crippen LogP contribution in [0.5, 0.6) is 5.75 Å². The number of piperidine rings is 1. The number of pyridine rings is 2. The monoisotopic (exact) mass is 465 g/mol. The Labute approximate surface area is 197 Å². The first-order valence-corrected chi connectivity index (χ1v) is 15.7. The van der Waals surface area contributed by atoms with E-state index in [4.69, 9.17) is 9.47 Å². The minimum Gasteiger partial charge on any atom is -0.491 e. The van der Waals surface area contributed by atoms with Crippen molar-refractivity contribution in [3.05, 3.63) is 30.2 Å². The van der Waals surface area contributed by atoms with Crippen LogP contribution in [0, 0.1) is 11.3 Å². The molecule has 0 saturated carbocycles. The molecule has 176 valence electrons. The van der Waals surface area contributed by atoms with Crippen LogP contribution in [-0.4, -0.2) is 59.9 Å². The first kappa shape index (κ1) is 23.7. The topological polar surface area (TPSA) is 76.2 Å². The highest BCUT2D eigenvalue weighted by atomic mass is 28.3. The van der Waals surface area contributed by atoms with Crippen LogP contribution in [0.3, 0.4) is 0 Å². The summed E-state index contributed by atoms with van der Waals surface area (Å²) in [5.74, 6) is 0.808. The molecule has 4 heterocycles. The van der Waals surface area contributed by atoms with E-state index < -0.39 is 8.07 Å². The number of hydrogen-bond acceptors (Lipinski definition) is 6. The lowest BCUT2D eigenvalue weighted by Gasteiger charge is -2.34. The summed E-state index contributed by atoms with van der Waals surface area (Å²) in [6, 6.07) is 7.48. The first-order chi connectivity index (χ1) is 15.9. The van der Waals surface area contributed by atoms with Crippen molar-refractivity contribution in [3.63, 3.8) is 0 Å². The zero-order valence-corrected chi connectivity index (χ0v) is 21.3. The predicted molar refractivity (Wildman–Crippen MR) is 134 cm³/mol. The normalized spacial score (nSPS) is 17.5. The van der Waals surface area contributed by atoms with Gasteiger partial charge < -0.3 is 9.47 Å². The Hall–Kier alpha value is -2.47. The molecular formula is C25H35N5O2Si. The Morgan fingerprint density at radius 1 is 1.24 bits per heavy atom. The fourth-order valence-electron chi connectivity index (χ4n) is 4.57. The van der Waals surface area contributed by atoms with Crippen molar-refractivity contribution in [2.75, 3.05) is 26.3 Å². The average Bonchev–Trinajstić information content (AvgIpc) is 3.13. The standard InChI is InChI=1S/C25H35N5O2Si/c1-5-29-11-7-6-8-20(29)17-32-23-9-10-27-25-24(23)21-14-19(15-26)28-16-22(21)30(25)18-31-12-13-33(2,3)4/h9-10,14,16,20H,5-8,11-13,17-18H2,1-4H3/t20-/m1/s1. The fraction of sp³-hybridized carbons (Fsp3) is 0.560. The van der Waals surface area contributed by atoms with Gasteiger partial charge in [-0.05, 0) is 44.1 Å². The van der Waals surface area contributed by atoms with Gasteiger partial charge in [0.2, 0.25) is 0 Å². The van der Waals surface area contributed by atoms with Crippen molar-refractivity contribution in [1.82, 2.24) is 19.4 Å². The van der Waals surface area contributed by atoms with E-state index in [1.807, 2.05) is 12.1 Å². The number of nitriles is 1. The molecule has 1 aliphatic heterocycles. The molecular weight excluding hydrogens is 430 g/mol. The van der Waals surface area contributed by atoms with Gasteiger partial charge in [-0.3, -0.25) is 9.47 Å². The summed E-state index contributed by atoms with van der Waals surface area (Å²) in [5.41, 5.74) is 2.11. The van der Waals surface area contributed by atoms with Gasteiger partial charge in [-0.1, -0.05) is 33.0 Å². The molecule has 0 amide bonds. The number of fused-ring (bicyclic) bond motifs is 3. The van der Waals surface area contributed by atoms with Crippen LogP contribution >= 0.6 is 0 Å². The number of rotatable bonds is 9. The van der Waals surface area contributed by atoms with Gasteiger partial charge >= 0.3 is 0 Å². The molecule has 3 aromatic heterocycles. The van der Waals surface area contributed by atoms with E-state index >= 15 is 0 Å². The Balaban J connectivity index is 1.66. The van der Waals surface area contributed by atoms with Crippen molar-refractivity contribution in [3.8, 4) is 11.8 Å². The molecule has 7 nitrogen and oxygen atoms in total. The third-order valence-electron chi connectivity index (χ3n) is 6.51. The highest BCUT2D eigenvalue weighted by Gasteiger charge is 2.23. The highest BCUT2D eigenvalue weighted by Crippen LogP contribution is 2.35. The van der Waals surface area contributed by atoms with Gasteiger partial charge in [-0.2, -0.15) is 5.26 Å². The summed E-state index contributed by atoms with van der Waals surface area (Å²) < 4.78 is 14.5. The molecule has 1 atom stereocenters. The second kappa shape index (κ2) is 10.2. The number of nitrogens with zero attached hydrogens (tertiary/aromatic N) is 5. The maximum atomic E-state index is 9.43. The van der Waals surface area contributed by atoms with Gasteiger partial charge in [0.25, 0.3) is 0 Å². The van der Waals surface area contributed by atoms with E-state index in [1.54, 1.807) is 12.4 Å². The Morgan fingerprint density at radius 2 is 2.09 bits per heavy atom. The number of likely N-dealkylation sites (N-methyl/N-ethyl adjacent to an activating group) is 1. The molecule has 1 fully saturated rings. The molecule has 1 aliphatic rings. The largest absolute Gasteiger partial charge is 0.491 e. The molecule has 0 N–H and O–H groups in total. The lowest BCUT2D eigenvalue weighted by Crippen LogP contribution is -2.42. The fourth-order valence-corrected chi connectivity index (χ4v) is 5.32. The van der Waals surface area contributed by atoms with Gasteiger partial charge in [-0.15, -0.1) is 0 Å². The third-order valence-corrected chi connectivity index (χ3v) is 8.21. The van der Waals surface area contributed by atoms with E-state index in [0.29, 0.717) is 25.1 Å². The molecule has 1 saturated heterocycles. The summed E-state index contributed by atoms with van der Waals surface area (Å²) in [6.45, 7) is 13.2. The third kappa shape index (κ3) is 5.37. The minimum atomic E-state index is -1.17. The van der Waals surface area contributed by atoms with Crippen LogP contribution in [0.1, 0.15) is 31.9 Å². The molecule has 3 aromatic rings. The van der Waals surface area contributed by atoms with Gasteiger partial charge in [0.15, 0.2) is 0 Å². The average molecular weight is 466 g/mol. The molecule has 0 aliphatic carbocycles. The maximum Gasteiger partial charge on any atom is 0.146 e. The first-order valence-electron chi connectivity index (χ1n) is 12.0. The molecule has 0 spiro atoms. The molecule has 0 bridgehead atoms. The van der Waals surface area contributed by atoms with Gasteiger partial charge in [0.05, 0.1) is 17.1 Å². The second-order valence-electron chi connectivity index (χ2n) is 10.1. The van der Waals surface area contributed by atoms with Gasteiger partial charge in [-0.25, -0.2) is 9.97 Å². The zero-order chi connectivity index (χ0) is 23.4. The van der Waals surface area contributed by atoms with Crippen LogP contribution in [0.4, 0.5) is 0 Å². The van der Waals surface area contributed by atoms with Crippen LogP contribution in [0.15, 0.2) is 24.5 Å². The lowest BCUT2D eigenvalue weighted by atomic mass is 10.0. The molecule has 0 unspecified atom stereocenters. The van der Waals surface area contributed by atoms with E-state index in [2.05, 4.69) is 52.1 Å². The van der Waals surface area contributed by atoms with E-state index in [9.17, 15) is 5.26 Å². The molecule has 33 heavy (non-hydrogen) atoms. The summed E-state index contributed by atoms with van der Waals surface area (Å²) in [6.07, 6.45) is 7.23. The van der Waals surface area contributed by atoms with E-state index in [1.165, 1.54) is 12.8 Å². The van der Waals surface area contributed by atoms with E-state index in [-0.39, 0.29) is 0 Å². The summed E-state index contributed by atoms with van der Waals surface area (Å²) in [7, 11) is -1.17. The highest BCUT2D eigenvalue weighted by molar-refractivity contribution is 6.76. The predicted octanol–water partition coefficient (Wildman–Crippen LogP) is 5.02. The quantitative estimate of drug-likeness (QED) is 0.326. The van der Waals surface area contributed by atoms with Crippen molar-refractivity contribution in [2.24, 2.45) is 0 Å².